The topological polar surface area (TPSA) is 79.0 Å². The fraction of sp³-hybridized carbons (Fsp3) is 0.184. The number of amides is 4. The SMILES string of the molecule is C#CCOc1ccc(/C=C2\C(=O)NC(=O)N(c3cc4c5c(c3)[C@H](c3ccccc3)CCN5CC[C@H]4c3ccccc3)C2=O)cc1Cl. The molecule has 0 radical (unpaired) electrons. The van der Waals surface area contributed by atoms with E-state index >= 15 is 0 Å². The minimum Gasteiger partial charge on any atom is -0.479 e. The third-order valence-corrected chi connectivity index (χ3v) is 9.23. The number of urea groups is 1. The summed E-state index contributed by atoms with van der Waals surface area (Å²) in [6.45, 7) is 1.88. The number of hydrogen-bond donors (Lipinski definition) is 1. The molecule has 4 aromatic rings. The number of carbonyl (C=O) groups is 3. The molecule has 1 N–H and O–H groups in total. The molecular formula is C38H30ClN3O4. The van der Waals surface area contributed by atoms with E-state index in [-0.39, 0.29) is 29.0 Å². The molecule has 7 rings (SSSR count). The van der Waals surface area contributed by atoms with Gasteiger partial charge in [0.25, 0.3) is 11.8 Å². The van der Waals surface area contributed by atoms with Crippen molar-refractivity contribution in [2.45, 2.75) is 24.7 Å². The van der Waals surface area contributed by atoms with Gasteiger partial charge in [0, 0.05) is 30.6 Å². The summed E-state index contributed by atoms with van der Waals surface area (Å²) < 4.78 is 5.43. The zero-order valence-corrected chi connectivity index (χ0v) is 25.7. The van der Waals surface area contributed by atoms with E-state index in [0.717, 1.165) is 42.0 Å². The van der Waals surface area contributed by atoms with Gasteiger partial charge in [0.05, 0.1) is 10.7 Å². The highest BCUT2D eigenvalue weighted by atomic mass is 35.5. The van der Waals surface area contributed by atoms with Crippen molar-refractivity contribution in [2.24, 2.45) is 0 Å². The number of hydrogen-bond acceptors (Lipinski definition) is 5. The number of benzene rings is 4. The molecule has 7 nitrogen and oxygen atoms in total. The van der Waals surface area contributed by atoms with Crippen molar-refractivity contribution in [1.82, 2.24) is 5.32 Å². The lowest BCUT2D eigenvalue weighted by atomic mass is 9.76. The molecule has 3 aliphatic rings. The van der Waals surface area contributed by atoms with E-state index in [1.165, 1.54) is 22.9 Å². The van der Waals surface area contributed by atoms with Crippen LogP contribution in [0, 0.1) is 12.3 Å². The number of terminal acetylenes is 1. The smallest absolute Gasteiger partial charge is 0.335 e. The number of barbiturate groups is 1. The van der Waals surface area contributed by atoms with Crippen molar-refractivity contribution >= 4 is 46.9 Å². The first-order chi connectivity index (χ1) is 22.4. The molecule has 0 spiro atoms. The van der Waals surface area contributed by atoms with Crippen LogP contribution in [0.4, 0.5) is 16.2 Å². The zero-order chi connectivity index (χ0) is 31.8. The van der Waals surface area contributed by atoms with Gasteiger partial charge in [-0.25, -0.2) is 9.69 Å². The van der Waals surface area contributed by atoms with Crippen molar-refractivity contribution in [3.05, 3.63) is 129 Å². The molecule has 0 unspecified atom stereocenters. The van der Waals surface area contributed by atoms with Gasteiger partial charge in [-0.15, -0.1) is 6.42 Å². The average Bonchev–Trinajstić information content (AvgIpc) is 3.07. The summed E-state index contributed by atoms with van der Waals surface area (Å²) in [5.41, 5.74) is 6.42. The molecule has 8 heteroatoms. The van der Waals surface area contributed by atoms with Gasteiger partial charge in [0.2, 0.25) is 0 Å². The molecule has 3 heterocycles. The van der Waals surface area contributed by atoms with Crippen LogP contribution in [-0.4, -0.2) is 37.5 Å². The van der Waals surface area contributed by atoms with Crippen LogP contribution in [0.3, 0.4) is 0 Å². The van der Waals surface area contributed by atoms with E-state index in [1.54, 1.807) is 18.2 Å². The first-order valence-corrected chi connectivity index (χ1v) is 15.6. The van der Waals surface area contributed by atoms with E-state index in [4.69, 9.17) is 22.8 Å². The summed E-state index contributed by atoms with van der Waals surface area (Å²) in [6, 6.07) is 28.6. The van der Waals surface area contributed by atoms with Crippen LogP contribution in [-0.2, 0) is 9.59 Å². The molecule has 4 aromatic carbocycles. The highest BCUT2D eigenvalue weighted by Crippen LogP contribution is 2.50. The quantitative estimate of drug-likeness (QED) is 0.143. The average molecular weight is 628 g/mol. The molecule has 4 amide bonds. The molecule has 1 fully saturated rings. The maximum Gasteiger partial charge on any atom is 0.335 e. The van der Waals surface area contributed by atoms with Gasteiger partial charge in [0.1, 0.15) is 17.9 Å². The fourth-order valence-corrected chi connectivity index (χ4v) is 7.11. The molecule has 1 saturated heterocycles. The van der Waals surface area contributed by atoms with Gasteiger partial charge < -0.3 is 9.64 Å². The summed E-state index contributed by atoms with van der Waals surface area (Å²) in [4.78, 5) is 44.1. The van der Waals surface area contributed by atoms with Crippen LogP contribution in [0.5, 0.6) is 5.75 Å². The van der Waals surface area contributed by atoms with E-state index in [9.17, 15) is 14.4 Å². The largest absolute Gasteiger partial charge is 0.479 e. The maximum atomic E-state index is 14.1. The number of halogens is 1. The second-order valence-corrected chi connectivity index (χ2v) is 12.0. The van der Waals surface area contributed by atoms with E-state index < -0.39 is 17.8 Å². The van der Waals surface area contributed by atoms with E-state index in [1.807, 2.05) is 48.5 Å². The zero-order valence-electron chi connectivity index (χ0n) is 24.9. The van der Waals surface area contributed by atoms with Gasteiger partial charge in [-0.2, -0.15) is 0 Å². The molecule has 2 atom stereocenters. The van der Waals surface area contributed by atoms with Crippen LogP contribution in [0.1, 0.15) is 52.5 Å². The van der Waals surface area contributed by atoms with Crippen LogP contribution < -0.4 is 19.9 Å². The Labute approximate surface area is 272 Å². The number of nitrogens with zero attached hydrogens (tertiary/aromatic N) is 2. The normalized spacial score (nSPS) is 19.8. The Bertz CT molecular complexity index is 1860. The minimum atomic E-state index is -0.786. The number of nitrogens with one attached hydrogen (secondary N) is 1. The molecule has 46 heavy (non-hydrogen) atoms. The van der Waals surface area contributed by atoms with Crippen molar-refractivity contribution < 1.29 is 19.1 Å². The lowest BCUT2D eigenvalue weighted by Crippen LogP contribution is -2.54. The van der Waals surface area contributed by atoms with Crippen molar-refractivity contribution in [3.63, 3.8) is 0 Å². The van der Waals surface area contributed by atoms with Crippen LogP contribution >= 0.6 is 11.6 Å². The van der Waals surface area contributed by atoms with E-state index in [0.29, 0.717) is 17.0 Å². The lowest BCUT2D eigenvalue weighted by Gasteiger charge is -2.44. The lowest BCUT2D eigenvalue weighted by molar-refractivity contribution is -0.122. The van der Waals surface area contributed by atoms with Crippen LogP contribution in [0.15, 0.2) is 96.6 Å². The highest BCUT2D eigenvalue weighted by Gasteiger charge is 2.40. The van der Waals surface area contributed by atoms with Gasteiger partial charge in [-0.3, -0.25) is 14.9 Å². The van der Waals surface area contributed by atoms with Crippen molar-refractivity contribution in [2.75, 3.05) is 29.5 Å². The number of anilines is 2. The minimum absolute atomic E-state index is 0.0505. The third-order valence-electron chi connectivity index (χ3n) is 8.94. The summed E-state index contributed by atoms with van der Waals surface area (Å²) in [5, 5.41) is 2.65. The van der Waals surface area contributed by atoms with Crippen molar-refractivity contribution in [3.8, 4) is 18.1 Å². The Morgan fingerprint density at radius 2 is 1.48 bits per heavy atom. The molecule has 0 saturated carbocycles. The van der Waals surface area contributed by atoms with Crippen LogP contribution in [0.25, 0.3) is 6.08 Å². The monoisotopic (exact) mass is 627 g/mol. The Morgan fingerprint density at radius 1 is 0.870 bits per heavy atom. The predicted octanol–water partition coefficient (Wildman–Crippen LogP) is 6.90. The Kier molecular flexibility index (Phi) is 7.81. The van der Waals surface area contributed by atoms with Gasteiger partial charge in [-0.1, -0.05) is 84.3 Å². The second kappa shape index (κ2) is 12.2. The summed E-state index contributed by atoms with van der Waals surface area (Å²) in [6.07, 6.45) is 8.52. The standard InChI is InChI=1S/C38H30ClN3O4/c1-2-19-46-34-14-13-24(21-33(34)39)20-32-36(43)40-38(45)42(37(32)44)27-22-30-28(25-9-5-3-6-10-25)15-17-41-18-16-29(31(23-27)35(30)41)26-11-7-4-8-12-26/h1,3-14,20-23,28-29H,15-19H2,(H,40,43,45)/b32-20+/t28-,29-/m0/s1. The Morgan fingerprint density at radius 3 is 2.04 bits per heavy atom. The number of imide groups is 2. The third kappa shape index (κ3) is 5.31. The van der Waals surface area contributed by atoms with Crippen LogP contribution in [0.2, 0.25) is 5.02 Å². The highest BCUT2D eigenvalue weighted by molar-refractivity contribution is 6.39. The molecule has 228 valence electrons. The molecule has 0 bridgehead atoms. The summed E-state index contributed by atoms with van der Waals surface area (Å²) in [7, 11) is 0. The first-order valence-electron chi connectivity index (χ1n) is 15.2. The second-order valence-electron chi connectivity index (χ2n) is 11.6. The molecule has 0 aromatic heterocycles. The molecule has 3 aliphatic heterocycles. The Hall–Kier alpha value is -5.32. The van der Waals surface area contributed by atoms with Crippen molar-refractivity contribution in [1.29, 1.82) is 0 Å². The Balaban J connectivity index is 1.34. The van der Waals surface area contributed by atoms with Gasteiger partial charge >= 0.3 is 6.03 Å². The number of rotatable bonds is 6. The summed E-state index contributed by atoms with van der Waals surface area (Å²) >= 11 is 6.37. The summed E-state index contributed by atoms with van der Waals surface area (Å²) in [5.74, 6) is 1.45. The molecular weight excluding hydrogens is 598 g/mol. The predicted molar refractivity (Wildman–Crippen MR) is 179 cm³/mol. The van der Waals surface area contributed by atoms with Gasteiger partial charge in [-0.05, 0) is 71.0 Å². The number of ether oxygens (including phenoxy) is 1. The fourth-order valence-electron chi connectivity index (χ4n) is 6.87. The maximum absolute atomic E-state index is 14.1. The van der Waals surface area contributed by atoms with E-state index in [2.05, 4.69) is 40.4 Å². The molecule has 0 aliphatic carbocycles. The first kappa shape index (κ1) is 29.4. The number of carbonyl (C=O) groups excluding carboxylic acids is 3. The van der Waals surface area contributed by atoms with Gasteiger partial charge in [0.15, 0.2) is 0 Å².